The van der Waals surface area contributed by atoms with Crippen molar-refractivity contribution in [3.63, 3.8) is 0 Å². The van der Waals surface area contributed by atoms with Gasteiger partial charge < -0.3 is 21.3 Å². The number of rotatable bonds is 12. The first-order valence-corrected chi connectivity index (χ1v) is 43.2. The topological polar surface area (TPSA) is 56.4 Å². The van der Waals surface area contributed by atoms with E-state index in [2.05, 4.69) is 187 Å². The van der Waals surface area contributed by atoms with Crippen molar-refractivity contribution in [3.05, 3.63) is 112 Å². The molecule has 4 atom stereocenters. The normalized spacial score (nSPS) is 30.6. The SMILES string of the molecule is CC1=CC(C)([N-]C2([SiH](C)C)CCCCC2)C(C)=C1C.CC1=CC(C)([N-]C2([SiH](C)C)CCCCC2)C(C)=C1C.CC1=CC(C)([N-]C2([SiH](C)C)CCCCC2)C(C)=C1C.CC1=CC(C)([N-]C2([SiH](C)C)CCCCC2)C(C)=C1C.[Ti+4]. The van der Waals surface area contributed by atoms with E-state index in [0.29, 0.717) is 20.6 Å². The van der Waals surface area contributed by atoms with Crippen LogP contribution in [-0.4, -0.2) is 78.0 Å². The van der Waals surface area contributed by atoms with Crippen molar-refractivity contribution in [1.29, 1.82) is 0 Å². The van der Waals surface area contributed by atoms with Crippen molar-refractivity contribution in [2.24, 2.45) is 0 Å². The minimum absolute atomic E-state index is 0. The van der Waals surface area contributed by atoms with Crippen LogP contribution in [0.15, 0.2) is 91.2 Å². The zero-order valence-corrected chi connectivity index (χ0v) is 61.2. The van der Waals surface area contributed by atoms with Crippen molar-refractivity contribution in [2.75, 3.05) is 0 Å². The largest absolute Gasteiger partial charge is 4.00 e. The van der Waals surface area contributed by atoms with Gasteiger partial charge in [-0.25, -0.2) is 0 Å². The molecule has 9 heteroatoms. The zero-order chi connectivity index (χ0) is 57.0. The van der Waals surface area contributed by atoms with Gasteiger partial charge in [0.1, 0.15) is 0 Å². The maximum absolute atomic E-state index is 5.51. The van der Waals surface area contributed by atoms with Crippen LogP contribution in [0.25, 0.3) is 21.3 Å². The summed E-state index contributed by atoms with van der Waals surface area (Å²) < 4.78 is 0. The molecule has 0 aromatic carbocycles. The van der Waals surface area contributed by atoms with Crippen LogP contribution < -0.4 is 0 Å². The second-order valence-electron chi connectivity index (χ2n) is 28.6. The van der Waals surface area contributed by atoms with Crippen LogP contribution in [0.5, 0.6) is 0 Å². The van der Waals surface area contributed by atoms with Crippen molar-refractivity contribution in [1.82, 2.24) is 0 Å². The first-order valence-electron chi connectivity index (χ1n) is 31.7. The molecule has 77 heavy (non-hydrogen) atoms. The number of hydrogen-bond donors (Lipinski definition) is 0. The molecule has 8 rings (SSSR count). The second kappa shape index (κ2) is 27.4. The summed E-state index contributed by atoms with van der Waals surface area (Å²) >= 11 is 0. The van der Waals surface area contributed by atoms with Crippen molar-refractivity contribution < 1.29 is 21.7 Å². The fraction of sp³-hybridized carbons (Fsp3) is 0.765. The van der Waals surface area contributed by atoms with Crippen LogP contribution in [0, 0.1) is 0 Å². The van der Waals surface area contributed by atoms with Gasteiger partial charge in [0.15, 0.2) is 0 Å². The van der Waals surface area contributed by atoms with E-state index < -0.39 is 35.2 Å². The third-order valence-electron chi connectivity index (χ3n) is 22.6. The van der Waals surface area contributed by atoms with Crippen LogP contribution in [0.4, 0.5) is 0 Å². The minimum atomic E-state index is -0.774. The van der Waals surface area contributed by atoms with Gasteiger partial charge in [-0.1, -0.05) is 322 Å². The van der Waals surface area contributed by atoms with Crippen LogP contribution in [-0.2, 0) is 21.7 Å². The summed E-state index contributed by atoms with van der Waals surface area (Å²) in [6, 6.07) is 0. The molecule has 0 heterocycles. The molecule has 4 unspecified atom stereocenters. The molecule has 8 aliphatic rings. The molecule has 8 aliphatic carbocycles. The predicted octanol–water partition coefficient (Wildman–Crippen LogP) is 20.6. The molecule has 0 radical (unpaired) electrons. The maximum atomic E-state index is 5.51. The molecule has 0 bridgehead atoms. The summed E-state index contributed by atoms with van der Waals surface area (Å²) in [6.07, 6.45) is 37.1. The maximum Gasteiger partial charge on any atom is 4.00 e. The Morgan fingerprint density at radius 2 is 0.416 bits per heavy atom. The number of hydrogen-bond acceptors (Lipinski definition) is 0. The first kappa shape index (κ1) is 68.8. The average Bonchev–Trinajstić information content (AvgIpc) is 3.85. The van der Waals surface area contributed by atoms with Gasteiger partial charge in [0.05, 0.1) is 0 Å². The van der Waals surface area contributed by atoms with E-state index in [1.165, 1.54) is 195 Å². The smallest absolute Gasteiger partial charge is 0.647 e. The Bertz CT molecular complexity index is 1980. The third-order valence-corrected chi connectivity index (χ3v) is 34.1. The summed E-state index contributed by atoms with van der Waals surface area (Å²) in [5.41, 5.74) is 17.4. The van der Waals surface area contributed by atoms with Crippen LogP contribution in [0.1, 0.15) is 239 Å². The van der Waals surface area contributed by atoms with Crippen LogP contribution in [0.3, 0.4) is 0 Å². The summed E-state index contributed by atoms with van der Waals surface area (Å²) in [4.78, 5) is 0. The van der Waals surface area contributed by atoms with Crippen LogP contribution >= 0.6 is 0 Å². The van der Waals surface area contributed by atoms with Crippen molar-refractivity contribution >= 4 is 35.2 Å². The molecule has 0 saturated heterocycles. The van der Waals surface area contributed by atoms with Gasteiger partial charge in [0, 0.05) is 35.2 Å². The monoisotopic (exact) mass is 1150 g/mol. The molecule has 0 spiro atoms. The summed E-state index contributed by atoms with van der Waals surface area (Å²) in [6.45, 7) is 56.4. The van der Waals surface area contributed by atoms with Crippen LogP contribution in [0.2, 0.25) is 52.4 Å². The van der Waals surface area contributed by atoms with Gasteiger partial charge in [-0.2, -0.15) is 0 Å². The quantitative estimate of drug-likeness (QED) is 0.175. The molecule has 0 amide bonds. The Kier molecular flexibility index (Phi) is 24.5. The van der Waals surface area contributed by atoms with Crippen molar-refractivity contribution in [2.45, 2.75) is 334 Å². The fourth-order valence-electron chi connectivity index (χ4n) is 15.5. The molecule has 0 aromatic heterocycles. The van der Waals surface area contributed by atoms with E-state index in [9.17, 15) is 0 Å². The fourth-order valence-corrected chi connectivity index (χ4v) is 23.9. The molecular formula is C68H120N4Si4Ti. The minimum Gasteiger partial charge on any atom is -0.647 e. The predicted molar refractivity (Wildman–Crippen MR) is 354 cm³/mol. The first-order chi connectivity index (χ1) is 35.2. The van der Waals surface area contributed by atoms with Gasteiger partial charge in [-0.05, 0) is 83.1 Å². The van der Waals surface area contributed by atoms with Gasteiger partial charge in [0.25, 0.3) is 0 Å². The van der Waals surface area contributed by atoms with Crippen molar-refractivity contribution in [3.8, 4) is 0 Å². The zero-order valence-electron chi connectivity index (χ0n) is 55.0. The molecule has 0 aromatic rings. The second-order valence-corrected chi connectivity index (χ2v) is 42.2. The van der Waals surface area contributed by atoms with Gasteiger partial charge >= 0.3 is 21.7 Å². The third kappa shape index (κ3) is 15.2. The van der Waals surface area contributed by atoms with Gasteiger partial charge in [-0.15, -0.1) is 20.6 Å². The summed E-state index contributed by atoms with van der Waals surface area (Å²) in [7, 11) is -3.10. The average molecular weight is 1150 g/mol. The number of nitrogens with zero attached hydrogens (tertiary/aromatic N) is 4. The Hall–Kier alpha value is -0.658. The Balaban J connectivity index is 0.000000221. The molecule has 4 nitrogen and oxygen atoms in total. The molecule has 4 fully saturated rings. The Morgan fingerprint density at radius 3 is 0.519 bits per heavy atom. The Labute approximate surface area is 500 Å². The summed E-state index contributed by atoms with van der Waals surface area (Å²) in [5.74, 6) is 0. The molecular weight excluding hydrogens is 1030 g/mol. The molecule has 0 N–H and O–H groups in total. The molecule has 0 aliphatic heterocycles. The van der Waals surface area contributed by atoms with E-state index in [-0.39, 0.29) is 43.9 Å². The van der Waals surface area contributed by atoms with E-state index in [1.54, 1.807) is 0 Å². The Morgan fingerprint density at radius 1 is 0.273 bits per heavy atom. The standard InChI is InChI=1S/4C17H30NSi.Ti/c4*1-13-12-16(4,15(3)14(13)2)18-17(19(5)6)10-8-7-9-11-17;/h4*12,19H,7-11H2,1-6H3;/q4*-1;+4. The van der Waals surface area contributed by atoms with Gasteiger partial charge in [0.2, 0.25) is 0 Å². The molecule has 432 valence electrons. The molecule has 4 saturated carbocycles. The summed E-state index contributed by atoms with van der Waals surface area (Å²) in [5, 5.41) is 23.4. The van der Waals surface area contributed by atoms with E-state index in [1.807, 2.05) is 0 Å². The van der Waals surface area contributed by atoms with E-state index >= 15 is 0 Å². The van der Waals surface area contributed by atoms with E-state index in [4.69, 9.17) is 21.3 Å². The van der Waals surface area contributed by atoms with E-state index in [0.717, 1.165) is 0 Å². The van der Waals surface area contributed by atoms with Gasteiger partial charge in [-0.3, -0.25) is 0 Å². The number of allylic oxidation sites excluding steroid dienone is 8.